The molecule has 0 amide bonds. The summed E-state index contributed by atoms with van der Waals surface area (Å²) in [6, 6.07) is 0. The molecule has 0 aromatic carbocycles. The summed E-state index contributed by atoms with van der Waals surface area (Å²) in [6.45, 7) is 6.36. The van der Waals surface area contributed by atoms with Gasteiger partial charge in [0.2, 0.25) is 0 Å². The molecule has 0 N–H and O–H groups in total. The second-order valence-electron chi connectivity index (χ2n) is 22.7. The van der Waals surface area contributed by atoms with Gasteiger partial charge in [-0.05, 0) is 128 Å². The first-order valence-corrected chi connectivity index (χ1v) is 34.7. The van der Waals surface area contributed by atoms with Crippen LogP contribution in [0.5, 0.6) is 0 Å². The smallest absolute Gasteiger partial charge is 0.306 e. The van der Waals surface area contributed by atoms with Crippen LogP contribution in [0.25, 0.3) is 0 Å². The fourth-order valence-electron chi connectivity index (χ4n) is 9.50. The Morgan fingerprint density at radius 1 is 0.253 bits per heavy atom. The molecular formula is C77H128O6. The first-order chi connectivity index (χ1) is 41.0. The van der Waals surface area contributed by atoms with Crippen LogP contribution >= 0.6 is 0 Å². The van der Waals surface area contributed by atoms with E-state index in [1.807, 2.05) is 0 Å². The molecule has 0 aliphatic heterocycles. The van der Waals surface area contributed by atoms with E-state index in [1.165, 1.54) is 161 Å². The molecule has 1 unspecified atom stereocenters. The van der Waals surface area contributed by atoms with Gasteiger partial charge in [-0.15, -0.1) is 0 Å². The number of allylic oxidation sites excluding steroid dienone is 22. The van der Waals surface area contributed by atoms with Crippen LogP contribution in [0.1, 0.15) is 316 Å². The molecule has 0 aliphatic carbocycles. The van der Waals surface area contributed by atoms with Crippen molar-refractivity contribution < 1.29 is 28.6 Å². The predicted molar refractivity (Wildman–Crippen MR) is 362 cm³/mol. The van der Waals surface area contributed by atoms with E-state index in [2.05, 4.69) is 154 Å². The molecule has 83 heavy (non-hydrogen) atoms. The minimum Gasteiger partial charge on any atom is -0.462 e. The summed E-state index contributed by atoms with van der Waals surface area (Å²) in [4.78, 5) is 38.4. The molecule has 0 aromatic rings. The molecule has 6 heteroatoms. The normalized spacial score (nSPS) is 13.0. The number of hydrogen-bond acceptors (Lipinski definition) is 6. The molecule has 0 spiro atoms. The van der Waals surface area contributed by atoms with Crippen molar-refractivity contribution in [3.05, 3.63) is 134 Å². The Hall–Kier alpha value is -4.45. The molecule has 0 saturated heterocycles. The largest absolute Gasteiger partial charge is 0.462 e. The van der Waals surface area contributed by atoms with Gasteiger partial charge in [0.1, 0.15) is 13.2 Å². The van der Waals surface area contributed by atoms with E-state index in [0.717, 1.165) is 109 Å². The Bertz CT molecular complexity index is 1750. The number of unbranched alkanes of at least 4 members (excludes halogenated alkanes) is 29. The third-order valence-corrected chi connectivity index (χ3v) is 14.6. The van der Waals surface area contributed by atoms with E-state index in [0.29, 0.717) is 19.3 Å². The summed E-state index contributed by atoms with van der Waals surface area (Å²) in [5, 5.41) is 0. The van der Waals surface area contributed by atoms with Crippen LogP contribution < -0.4 is 0 Å². The van der Waals surface area contributed by atoms with Crippen molar-refractivity contribution in [1.82, 2.24) is 0 Å². The summed E-state index contributed by atoms with van der Waals surface area (Å²) in [6.07, 6.45) is 99.1. The van der Waals surface area contributed by atoms with E-state index < -0.39 is 6.10 Å². The molecular weight excluding hydrogens is 1020 g/mol. The third kappa shape index (κ3) is 68.2. The van der Waals surface area contributed by atoms with Crippen LogP contribution in [0.4, 0.5) is 0 Å². The quantitative estimate of drug-likeness (QED) is 0.0261. The summed E-state index contributed by atoms with van der Waals surface area (Å²) in [5.41, 5.74) is 0. The summed E-state index contributed by atoms with van der Waals surface area (Å²) < 4.78 is 16.9. The fourth-order valence-corrected chi connectivity index (χ4v) is 9.50. The fraction of sp³-hybridized carbons (Fsp3) is 0.675. The van der Waals surface area contributed by atoms with Crippen molar-refractivity contribution in [2.24, 2.45) is 0 Å². The molecule has 0 fully saturated rings. The van der Waals surface area contributed by atoms with E-state index in [1.54, 1.807) is 0 Å². The summed E-state index contributed by atoms with van der Waals surface area (Å²) >= 11 is 0. The van der Waals surface area contributed by atoms with Crippen molar-refractivity contribution in [3.8, 4) is 0 Å². The van der Waals surface area contributed by atoms with Crippen LogP contribution in [0.15, 0.2) is 134 Å². The zero-order chi connectivity index (χ0) is 59.9. The predicted octanol–water partition coefficient (Wildman–Crippen LogP) is 24.1. The first-order valence-electron chi connectivity index (χ1n) is 34.7. The standard InChI is InChI=1S/C77H128O6/c1-4-7-10-13-16-19-22-25-28-31-33-34-35-36-37-38-39-40-41-42-44-46-49-52-55-58-61-64-67-70-76(79)82-73-74(72-81-75(78)69-66-63-60-57-54-51-48-45-30-27-24-21-18-15-12-9-6-3)83-77(80)71-68-65-62-59-56-53-50-47-43-32-29-26-23-20-17-14-11-8-5-2/h7,9-10,12,16-21,25-30,33-34,48,51,57,60,74H,4-6,8,11,13-15,22-24,31-32,35-47,49-50,52-56,58-59,61-73H2,1-3H3/b10-7-,12-9-,19-16-,20-17-,21-18-,28-25-,29-26-,30-27-,34-33-,51-48-,60-57-. The summed E-state index contributed by atoms with van der Waals surface area (Å²) in [7, 11) is 0. The monoisotopic (exact) mass is 1150 g/mol. The maximum absolute atomic E-state index is 12.9. The Morgan fingerprint density at radius 2 is 0.482 bits per heavy atom. The van der Waals surface area contributed by atoms with Crippen LogP contribution in [-0.4, -0.2) is 37.2 Å². The van der Waals surface area contributed by atoms with Gasteiger partial charge in [-0.2, -0.15) is 0 Å². The van der Waals surface area contributed by atoms with Crippen molar-refractivity contribution in [2.45, 2.75) is 322 Å². The number of ether oxygens (including phenoxy) is 3. The molecule has 0 aliphatic rings. The van der Waals surface area contributed by atoms with Crippen LogP contribution in [0.3, 0.4) is 0 Å². The van der Waals surface area contributed by atoms with Gasteiger partial charge in [0.05, 0.1) is 0 Å². The Labute approximate surface area is 513 Å². The second-order valence-corrected chi connectivity index (χ2v) is 22.7. The number of carbonyl (C=O) groups is 3. The van der Waals surface area contributed by atoms with Crippen molar-refractivity contribution in [3.63, 3.8) is 0 Å². The van der Waals surface area contributed by atoms with E-state index >= 15 is 0 Å². The first kappa shape index (κ1) is 78.5. The van der Waals surface area contributed by atoms with Crippen molar-refractivity contribution in [2.75, 3.05) is 13.2 Å². The van der Waals surface area contributed by atoms with Crippen molar-refractivity contribution >= 4 is 17.9 Å². The van der Waals surface area contributed by atoms with Crippen LogP contribution in [0, 0.1) is 0 Å². The molecule has 6 nitrogen and oxygen atoms in total. The zero-order valence-electron chi connectivity index (χ0n) is 54.2. The molecule has 0 saturated carbocycles. The van der Waals surface area contributed by atoms with E-state index in [9.17, 15) is 14.4 Å². The highest BCUT2D eigenvalue weighted by atomic mass is 16.6. The lowest BCUT2D eigenvalue weighted by Crippen LogP contribution is -2.30. The van der Waals surface area contributed by atoms with Gasteiger partial charge < -0.3 is 14.2 Å². The maximum atomic E-state index is 12.9. The molecule has 1 atom stereocenters. The summed E-state index contributed by atoms with van der Waals surface area (Å²) in [5.74, 6) is -0.955. The highest BCUT2D eigenvalue weighted by Gasteiger charge is 2.19. The lowest BCUT2D eigenvalue weighted by Gasteiger charge is -2.18. The second kappa shape index (κ2) is 70.0. The minimum absolute atomic E-state index is 0.0987. The van der Waals surface area contributed by atoms with Gasteiger partial charge in [-0.3, -0.25) is 14.4 Å². The molecule has 0 heterocycles. The minimum atomic E-state index is -0.809. The molecule has 472 valence electrons. The van der Waals surface area contributed by atoms with E-state index in [4.69, 9.17) is 14.2 Å². The SMILES string of the molecule is CC/C=C\C/C=C\C/C=C\C/C=C\C/C=C\CCCC(=O)OCC(COC(=O)CCCCCCCCCCCCCCCCCC/C=C\C/C=C\C/C=C\C/C=C\CC)OC(=O)CCCCCCCCCCC/C=C\C/C=C\CCCCC. The Kier molecular flexibility index (Phi) is 66.3. The topological polar surface area (TPSA) is 78.9 Å². The number of hydrogen-bond donors (Lipinski definition) is 0. The molecule has 0 rings (SSSR count). The van der Waals surface area contributed by atoms with E-state index in [-0.39, 0.29) is 37.5 Å². The van der Waals surface area contributed by atoms with Gasteiger partial charge in [0.25, 0.3) is 0 Å². The molecule has 0 bridgehead atoms. The number of esters is 3. The highest BCUT2D eigenvalue weighted by Crippen LogP contribution is 2.17. The lowest BCUT2D eigenvalue weighted by atomic mass is 10.0. The van der Waals surface area contributed by atoms with Gasteiger partial charge in [0.15, 0.2) is 6.10 Å². The van der Waals surface area contributed by atoms with Gasteiger partial charge in [0, 0.05) is 19.3 Å². The van der Waals surface area contributed by atoms with Crippen LogP contribution in [-0.2, 0) is 28.6 Å². The van der Waals surface area contributed by atoms with Gasteiger partial charge >= 0.3 is 17.9 Å². The van der Waals surface area contributed by atoms with Gasteiger partial charge in [-0.1, -0.05) is 302 Å². The average Bonchev–Trinajstić information content (AvgIpc) is 3.50. The zero-order valence-corrected chi connectivity index (χ0v) is 54.2. The van der Waals surface area contributed by atoms with Crippen LogP contribution in [0.2, 0.25) is 0 Å². The molecule has 0 aromatic heterocycles. The lowest BCUT2D eigenvalue weighted by molar-refractivity contribution is -0.167. The average molecular weight is 1150 g/mol. The van der Waals surface area contributed by atoms with Crippen molar-refractivity contribution in [1.29, 1.82) is 0 Å². The third-order valence-electron chi connectivity index (χ3n) is 14.6. The number of carbonyl (C=O) groups excluding carboxylic acids is 3. The highest BCUT2D eigenvalue weighted by molar-refractivity contribution is 5.71. The maximum Gasteiger partial charge on any atom is 0.306 e. The molecule has 0 radical (unpaired) electrons. The Morgan fingerprint density at radius 3 is 0.783 bits per heavy atom. The Balaban J connectivity index is 4.36. The number of rotatable bonds is 62. The van der Waals surface area contributed by atoms with Gasteiger partial charge in [-0.25, -0.2) is 0 Å².